The van der Waals surface area contributed by atoms with Crippen molar-refractivity contribution in [1.29, 1.82) is 0 Å². The highest BCUT2D eigenvalue weighted by Gasteiger charge is 2.22. The van der Waals surface area contributed by atoms with Gasteiger partial charge in [-0.15, -0.1) is 0 Å². The minimum atomic E-state index is -1.04. The van der Waals surface area contributed by atoms with E-state index in [-0.39, 0.29) is 22.9 Å². The maximum Gasteiger partial charge on any atom is 0.189 e. The molecule has 20 heavy (non-hydrogen) atoms. The summed E-state index contributed by atoms with van der Waals surface area (Å²) in [6, 6.07) is 6.24. The van der Waals surface area contributed by atoms with E-state index >= 15 is 0 Å². The molecule has 3 N–H and O–H groups in total. The standard InChI is InChI=1S/C16H16O4/c1-16(20)9-8-13(17)11(10-16)6-7-15(19)12-4-2-3-5-14(12)18/h2-8,10,17-18,20H,9H2,1H3. The number of hydrogen-bond donors (Lipinski definition) is 3. The third kappa shape index (κ3) is 3.16. The van der Waals surface area contributed by atoms with Gasteiger partial charge < -0.3 is 15.3 Å². The average molecular weight is 272 g/mol. The zero-order valence-corrected chi connectivity index (χ0v) is 11.1. The van der Waals surface area contributed by atoms with Gasteiger partial charge in [-0.05, 0) is 43.4 Å². The number of hydrogen-bond acceptors (Lipinski definition) is 4. The number of para-hydroxylation sites is 1. The lowest BCUT2D eigenvalue weighted by Gasteiger charge is -2.22. The molecule has 0 aromatic heterocycles. The maximum absolute atomic E-state index is 11.9. The Hall–Kier alpha value is -2.33. The number of carbonyl (C=O) groups is 1. The first-order valence-electron chi connectivity index (χ1n) is 6.24. The van der Waals surface area contributed by atoms with Gasteiger partial charge in [0, 0.05) is 12.0 Å². The van der Waals surface area contributed by atoms with Gasteiger partial charge >= 0.3 is 0 Å². The normalized spacial score (nSPS) is 22.5. The Morgan fingerprint density at radius 2 is 2.00 bits per heavy atom. The van der Waals surface area contributed by atoms with Crippen LogP contribution in [0.3, 0.4) is 0 Å². The van der Waals surface area contributed by atoms with E-state index in [9.17, 15) is 20.1 Å². The first-order chi connectivity index (χ1) is 9.39. The SMILES string of the molecule is CC1(O)C=C(C=CC(=O)c2ccccc2O)C(O)=CC1. The minimum Gasteiger partial charge on any atom is -0.508 e. The van der Waals surface area contributed by atoms with Gasteiger partial charge in [-0.2, -0.15) is 0 Å². The van der Waals surface area contributed by atoms with Crippen molar-refractivity contribution in [1.82, 2.24) is 0 Å². The van der Waals surface area contributed by atoms with Crippen molar-refractivity contribution in [2.24, 2.45) is 0 Å². The lowest BCUT2D eigenvalue weighted by Crippen LogP contribution is -2.23. The van der Waals surface area contributed by atoms with Crippen LogP contribution in [0.4, 0.5) is 0 Å². The number of allylic oxidation sites excluding steroid dienone is 2. The van der Waals surface area contributed by atoms with Crippen LogP contribution in [0.5, 0.6) is 5.75 Å². The summed E-state index contributed by atoms with van der Waals surface area (Å²) >= 11 is 0. The zero-order chi connectivity index (χ0) is 14.8. The summed E-state index contributed by atoms with van der Waals surface area (Å²) < 4.78 is 0. The second-order valence-corrected chi connectivity index (χ2v) is 4.97. The van der Waals surface area contributed by atoms with Crippen LogP contribution in [0, 0.1) is 0 Å². The lowest BCUT2D eigenvalue weighted by molar-refractivity contribution is 0.104. The van der Waals surface area contributed by atoms with Crippen LogP contribution in [-0.4, -0.2) is 26.7 Å². The average Bonchev–Trinajstić information content (AvgIpc) is 2.40. The molecule has 0 radical (unpaired) electrons. The molecule has 0 bridgehead atoms. The summed E-state index contributed by atoms with van der Waals surface area (Å²) in [7, 11) is 0. The number of phenolic OH excluding ortho intramolecular Hbond substituents is 1. The van der Waals surface area contributed by atoms with E-state index in [4.69, 9.17) is 0 Å². The Labute approximate surface area is 117 Å². The summed E-state index contributed by atoms with van der Waals surface area (Å²) in [5, 5.41) is 29.2. The van der Waals surface area contributed by atoms with Crippen molar-refractivity contribution >= 4 is 5.78 Å². The largest absolute Gasteiger partial charge is 0.508 e. The predicted octanol–water partition coefficient (Wildman–Crippen LogP) is 2.65. The fourth-order valence-corrected chi connectivity index (χ4v) is 1.96. The van der Waals surface area contributed by atoms with Gasteiger partial charge in [0.25, 0.3) is 0 Å². The summed E-state index contributed by atoms with van der Waals surface area (Å²) in [6.07, 6.45) is 6.01. The van der Waals surface area contributed by atoms with Crippen LogP contribution in [-0.2, 0) is 0 Å². The Bertz CT molecular complexity index is 621. The fourth-order valence-electron chi connectivity index (χ4n) is 1.96. The Morgan fingerprint density at radius 3 is 2.70 bits per heavy atom. The second-order valence-electron chi connectivity index (χ2n) is 4.97. The molecule has 1 unspecified atom stereocenters. The van der Waals surface area contributed by atoms with Crippen molar-refractivity contribution in [3.63, 3.8) is 0 Å². The second kappa shape index (κ2) is 5.35. The molecule has 1 aromatic rings. The Kier molecular flexibility index (Phi) is 3.77. The van der Waals surface area contributed by atoms with Gasteiger partial charge in [0.2, 0.25) is 0 Å². The van der Waals surface area contributed by atoms with Gasteiger partial charge in [0.1, 0.15) is 11.5 Å². The van der Waals surface area contributed by atoms with E-state index in [1.54, 1.807) is 19.1 Å². The van der Waals surface area contributed by atoms with E-state index in [1.807, 2.05) is 0 Å². The number of aromatic hydroxyl groups is 1. The Morgan fingerprint density at radius 1 is 1.30 bits per heavy atom. The molecule has 1 aromatic carbocycles. The lowest BCUT2D eigenvalue weighted by atomic mass is 9.92. The van der Waals surface area contributed by atoms with E-state index in [0.717, 1.165) is 0 Å². The summed E-state index contributed by atoms with van der Waals surface area (Å²) in [6.45, 7) is 1.62. The number of benzene rings is 1. The zero-order valence-electron chi connectivity index (χ0n) is 11.1. The summed E-state index contributed by atoms with van der Waals surface area (Å²) in [5.74, 6) is -0.439. The third-order valence-corrected chi connectivity index (χ3v) is 3.05. The van der Waals surface area contributed by atoms with Crippen molar-refractivity contribution in [2.75, 3.05) is 0 Å². The fraction of sp³-hybridized carbons (Fsp3) is 0.188. The molecule has 0 fully saturated rings. The first-order valence-corrected chi connectivity index (χ1v) is 6.24. The number of rotatable bonds is 3. The van der Waals surface area contributed by atoms with Crippen LogP contribution in [0.25, 0.3) is 0 Å². The molecule has 0 amide bonds. The minimum absolute atomic E-state index is 0.0258. The van der Waals surface area contributed by atoms with E-state index in [1.165, 1.54) is 36.4 Å². The summed E-state index contributed by atoms with van der Waals surface area (Å²) in [5.41, 5.74) is -0.468. The van der Waals surface area contributed by atoms with Gasteiger partial charge in [0.05, 0.1) is 11.2 Å². The molecule has 4 heteroatoms. The Balaban J connectivity index is 2.22. The van der Waals surface area contributed by atoms with Crippen molar-refractivity contribution in [3.8, 4) is 5.75 Å². The number of ketones is 1. The van der Waals surface area contributed by atoms with E-state index in [0.29, 0.717) is 12.0 Å². The third-order valence-electron chi connectivity index (χ3n) is 3.05. The molecule has 1 aliphatic rings. The van der Waals surface area contributed by atoms with Crippen LogP contribution in [0.2, 0.25) is 0 Å². The summed E-state index contributed by atoms with van der Waals surface area (Å²) in [4.78, 5) is 11.9. The first kappa shape index (κ1) is 14.1. The van der Waals surface area contributed by atoms with Crippen molar-refractivity contribution in [2.45, 2.75) is 18.9 Å². The molecule has 0 aliphatic heterocycles. The molecule has 0 saturated carbocycles. The van der Waals surface area contributed by atoms with Crippen LogP contribution >= 0.6 is 0 Å². The van der Waals surface area contributed by atoms with E-state index in [2.05, 4.69) is 0 Å². The maximum atomic E-state index is 11.9. The highest BCUT2D eigenvalue weighted by Crippen LogP contribution is 2.25. The highest BCUT2D eigenvalue weighted by molar-refractivity contribution is 6.06. The highest BCUT2D eigenvalue weighted by atomic mass is 16.3. The van der Waals surface area contributed by atoms with Gasteiger partial charge in [-0.25, -0.2) is 0 Å². The van der Waals surface area contributed by atoms with E-state index < -0.39 is 5.60 Å². The molecule has 1 aliphatic carbocycles. The van der Waals surface area contributed by atoms with Crippen molar-refractivity contribution in [3.05, 3.63) is 65.5 Å². The number of phenols is 1. The van der Waals surface area contributed by atoms with Gasteiger partial charge in [-0.1, -0.05) is 12.1 Å². The van der Waals surface area contributed by atoms with Crippen molar-refractivity contribution < 1.29 is 20.1 Å². The predicted molar refractivity (Wildman–Crippen MR) is 75.6 cm³/mol. The monoisotopic (exact) mass is 272 g/mol. The van der Waals surface area contributed by atoms with Crippen LogP contribution in [0.15, 0.2) is 59.9 Å². The molecular formula is C16H16O4. The number of aliphatic hydroxyl groups is 2. The quantitative estimate of drug-likeness (QED) is 0.584. The van der Waals surface area contributed by atoms with Gasteiger partial charge in [0.15, 0.2) is 5.78 Å². The molecule has 0 spiro atoms. The van der Waals surface area contributed by atoms with Gasteiger partial charge in [-0.3, -0.25) is 4.79 Å². The molecule has 2 rings (SSSR count). The molecule has 4 nitrogen and oxygen atoms in total. The topological polar surface area (TPSA) is 77.8 Å². The molecule has 1 atom stereocenters. The molecule has 0 saturated heterocycles. The van der Waals surface area contributed by atoms with Crippen LogP contribution in [0.1, 0.15) is 23.7 Å². The number of aliphatic hydroxyl groups excluding tert-OH is 1. The van der Waals surface area contributed by atoms with Crippen LogP contribution < -0.4 is 0 Å². The molecule has 0 heterocycles. The number of carbonyl (C=O) groups excluding carboxylic acids is 1. The molecular weight excluding hydrogens is 256 g/mol. The smallest absolute Gasteiger partial charge is 0.189 e. The molecule has 104 valence electrons.